The highest BCUT2D eigenvalue weighted by Crippen LogP contribution is 2.45. The van der Waals surface area contributed by atoms with E-state index in [4.69, 9.17) is 11.6 Å². The van der Waals surface area contributed by atoms with Gasteiger partial charge in [0.1, 0.15) is 0 Å². The van der Waals surface area contributed by atoms with Crippen LogP contribution in [0.5, 0.6) is 0 Å². The quantitative estimate of drug-likeness (QED) is 0.937. The lowest BCUT2D eigenvalue weighted by Gasteiger charge is -2.38. The number of nitrogens with zero attached hydrogens (tertiary/aromatic N) is 2. The van der Waals surface area contributed by atoms with Crippen LogP contribution in [0.2, 0.25) is 5.02 Å². The van der Waals surface area contributed by atoms with Crippen molar-refractivity contribution in [3.05, 3.63) is 47.2 Å². The molecule has 1 fully saturated rings. The number of aliphatic carboxylic acids is 1. The lowest BCUT2D eigenvalue weighted by molar-refractivity contribution is -0.147. The van der Waals surface area contributed by atoms with E-state index >= 15 is 0 Å². The summed E-state index contributed by atoms with van der Waals surface area (Å²) in [6, 6.07) is 7.24. The highest BCUT2D eigenvalue weighted by Gasteiger charge is 2.46. The van der Waals surface area contributed by atoms with Crippen molar-refractivity contribution in [2.45, 2.75) is 24.7 Å². The first-order valence-corrected chi connectivity index (χ1v) is 6.55. The molecule has 98 valence electrons. The van der Waals surface area contributed by atoms with E-state index in [2.05, 4.69) is 5.10 Å². The molecule has 0 amide bonds. The molecule has 1 aromatic heterocycles. The minimum absolute atomic E-state index is 0.522. The van der Waals surface area contributed by atoms with Crippen LogP contribution in [-0.4, -0.2) is 20.9 Å². The molecule has 3 rings (SSSR count). The fourth-order valence-electron chi connectivity index (χ4n) is 2.56. The van der Waals surface area contributed by atoms with Gasteiger partial charge in [-0.15, -0.1) is 0 Å². The molecule has 1 aromatic carbocycles. The standard InChI is InChI=1S/C14H13ClN2O2/c15-11-9-10(14(13(18)19)5-1-6-14)3-4-12(11)17-8-2-7-16-17/h2-4,7-9H,1,5-6H2,(H,18,19). The van der Waals surface area contributed by atoms with E-state index in [9.17, 15) is 9.90 Å². The molecule has 0 saturated heterocycles. The van der Waals surface area contributed by atoms with Crippen molar-refractivity contribution in [1.29, 1.82) is 0 Å². The van der Waals surface area contributed by atoms with Crippen molar-refractivity contribution in [3.63, 3.8) is 0 Å². The van der Waals surface area contributed by atoms with Gasteiger partial charge in [0.15, 0.2) is 0 Å². The second-order valence-electron chi connectivity index (χ2n) is 4.86. The molecule has 5 heteroatoms. The Labute approximate surface area is 115 Å². The lowest BCUT2D eigenvalue weighted by Crippen LogP contribution is -2.42. The Bertz CT molecular complexity index is 618. The largest absolute Gasteiger partial charge is 0.481 e. The van der Waals surface area contributed by atoms with Gasteiger partial charge in [-0.3, -0.25) is 4.79 Å². The van der Waals surface area contributed by atoms with Gasteiger partial charge in [-0.25, -0.2) is 4.68 Å². The number of carboxylic acids is 1. The van der Waals surface area contributed by atoms with E-state index in [0.717, 1.165) is 17.7 Å². The summed E-state index contributed by atoms with van der Waals surface area (Å²) in [5.41, 5.74) is 0.800. The van der Waals surface area contributed by atoms with Gasteiger partial charge in [0.25, 0.3) is 0 Å². The maximum Gasteiger partial charge on any atom is 0.314 e. The van der Waals surface area contributed by atoms with Crippen LogP contribution < -0.4 is 0 Å². The molecule has 1 heterocycles. The summed E-state index contributed by atoms with van der Waals surface area (Å²) in [4.78, 5) is 11.5. The minimum atomic E-state index is -0.762. The maximum atomic E-state index is 11.5. The lowest BCUT2D eigenvalue weighted by atomic mass is 9.64. The number of carboxylic acid groups (broad SMARTS) is 1. The summed E-state index contributed by atoms with van der Waals surface area (Å²) in [5, 5.41) is 14.1. The third-order valence-corrected chi connectivity index (χ3v) is 4.17. The van der Waals surface area contributed by atoms with Gasteiger partial charge in [0.2, 0.25) is 0 Å². The van der Waals surface area contributed by atoms with E-state index < -0.39 is 11.4 Å². The summed E-state index contributed by atoms with van der Waals surface area (Å²) in [5.74, 6) is -0.762. The highest BCUT2D eigenvalue weighted by molar-refractivity contribution is 6.32. The van der Waals surface area contributed by atoms with Gasteiger partial charge in [0.05, 0.1) is 16.1 Å². The summed E-state index contributed by atoms with van der Waals surface area (Å²) >= 11 is 6.26. The number of benzene rings is 1. The molecule has 19 heavy (non-hydrogen) atoms. The summed E-state index contributed by atoms with van der Waals surface area (Å²) in [7, 11) is 0. The van der Waals surface area contributed by atoms with E-state index in [-0.39, 0.29) is 0 Å². The predicted octanol–water partition coefficient (Wildman–Crippen LogP) is 3.03. The summed E-state index contributed by atoms with van der Waals surface area (Å²) < 4.78 is 1.67. The van der Waals surface area contributed by atoms with Gasteiger partial charge in [-0.2, -0.15) is 5.10 Å². The van der Waals surface area contributed by atoms with Crippen LogP contribution in [0.15, 0.2) is 36.7 Å². The molecule has 4 nitrogen and oxygen atoms in total. The van der Waals surface area contributed by atoms with Crippen molar-refractivity contribution < 1.29 is 9.90 Å². The number of hydrogen-bond donors (Lipinski definition) is 1. The molecule has 0 unspecified atom stereocenters. The van der Waals surface area contributed by atoms with Gasteiger partial charge >= 0.3 is 5.97 Å². The number of halogens is 1. The fraction of sp³-hybridized carbons (Fsp3) is 0.286. The van der Waals surface area contributed by atoms with Crippen molar-refractivity contribution >= 4 is 17.6 Å². The monoisotopic (exact) mass is 276 g/mol. The zero-order valence-corrected chi connectivity index (χ0v) is 11.0. The number of rotatable bonds is 3. The molecule has 1 N–H and O–H groups in total. The van der Waals surface area contributed by atoms with Crippen molar-refractivity contribution in [2.75, 3.05) is 0 Å². The highest BCUT2D eigenvalue weighted by atomic mass is 35.5. The zero-order chi connectivity index (χ0) is 13.5. The van der Waals surface area contributed by atoms with E-state index in [1.54, 1.807) is 23.1 Å². The van der Waals surface area contributed by atoms with Gasteiger partial charge in [0, 0.05) is 12.4 Å². The third kappa shape index (κ3) is 1.83. The van der Waals surface area contributed by atoms with Crippen LogP contribution in [0.1, 0.15) is 24.8 Å². The average molecular weight is 277 g/mol. The van der Waals surface area contributed by atoms with Gasteiger partial charge < -0.3 is 5.11 Å². The van der Waals surface area contributed by atoms with E-state index in [0.29, 0.717) is 17.9 Å². The van der Waals surface area contributed by atoms with E-state index in [1.807, 2.05) is 18.2 Å². The van der Waals surface area contributed by atoms with Gasteiger partial charge in [-0.1, -0.05) is 24.1 Å². The van der Waals surface area contributed by atoms with Crippen molar-refractivity contribution in [1.82, 2.24) is 9.78 Å². The Hall–Kier alpha value is -1.81. The summed E-state index contributed by atoms with van der Waals surface area (Å²) in [6.45, 7) is 0. The van der Waals surface area contributed by atoms with Crippen LogP contribution in [0.25, 0.3) is 5.69 Å². The topological polar surface area (TPSA) is 55.1 Å². The normalized spacial score (nSPS) is 16.9. The Kier molecular flexibility index (Phi) is 2.82. The van der Waals surface area contributed by atoms with Crippen molar-refractivity contribution in [2.24, 2.45) is 0 Å². The molecule has 0 spiro atoms. The second-order valence-corrected chi connectivity index (χ2v) is 5.26. The molecule has 2 aromatic rings. The Morgan fingerprint density at radius 2 is 2.21 bits per heavy atom. The van der Waals surface area contributed by atoms with Crippen molar-refractivity contribution in [3.8, 4) is 5.69 Å². The molecule has 0 aliphatic heterocycles. The first-order valence-electron chi connectivity index (χ1n) is 6.17. The number of aromatic nitrogens is 2. The molecule has 1 saturated carbocycles. The SMILES string of the molecule is O=C(O)C1(c2ccc(-n3cccn3)c(Cl)c2)CCC1. The van der Waals surface area contributed by atoms with Crippen LogP contribution in [0.3, 0.4) is 0 Å². The molecular weight excluding hydrogens is 264 g/mol. The summed E-state index contributed by atoms with van der Waals surface area (Å²) in [6.07, 6.45) is 5.79. The molecule has 0 bridgehead atoms. The molecule has 1 aliphatic carbocycles. The first kappa shape index (κ1) is 12.2. The molecular formula is C14H13ClN2O2. The van der Waals surface area contributed by atoms with E-state index in [1.165, 1.54) is 0 Å². The fourth-order valence-corrected chi connectivity index (χ4v) is 2.83. The van der Waals surface area contributed by atoms with Crippen LogP contribution in [0, 0.1) is 0 Å². The molecule has 1 aliphatic rings. The Balaban J connectivity index is 2.02. The van der Waals surface area contributed by atoms with Crippen LogP contribution in [0.4, 0.5) is 0 Å². The third-order valence-electron chi connectivity index (χ3n) is 3.87. The Morgan fingerprint density at radius 3 is 2.68 bits per heavy atom. The number of hydrogen-bond acceptors (Lipinski definition) is 2. The first-order chi connectivity index (χ1) is 9.13. The zero-order valence-electron chi connectivity index (χ0n) is 10.2. The molecule has 0 atom stereocenters. The number of carbonyl (C=O) groups is 1. The second kappa shape index (κ2) is 4.38. The molecule has 0 radical (unpaired) electrons. The average Bonchev–Trinajstić information content (AvgIpc) is 2.80. The smallest absolute Gasteiger partial charge is 0.314 e. The van der Waals surface area contributed by atoms with Gasteiger partial charge in [-0.05, 0) is 36.6 Å². The maximum absolute atomic E-state index is 11.5. The minimum Gasteiger partial charge on any atom is -0.481 e. The predicted molar refractivity (Wildman–Crippen MR) is 71.7 cm³/mol. The Morgan fingerprint density at radius 1 is 1.42 bits per heavy atom. The van der Waals surface area contributed by atoms with Crippen LogP contribution >= 0.6 is 11.6 Å². The van der Waals surface area contributed by atoms with Crippen LogP contribution in [-0.2, 0) is 10.2 Å².